The van der Waals surface area contributed by atoms with Crippen LogP contribution in [0.2, 0.25) is 0 Å². The number of aromatic nitrogens is 1. The number of hydrogen-bond acceptors (Lipinski definition) is 1. The minimum atomic E-state index is -4.09. The van der Waals surface area contributed by atoms with Crippen LogP contribution in [-0.2, 0) is 0 Å². The van der Waals surface area contributed by atoms with Crippen LogP contribution in [0.15, 0.2) is 24.4 Å². The minimum absolute atomic E-state index is 0.0325. The summed E-state index contributed by atoms with van der Waals surface area (Å²) in [6.45, 7) is 1.94. The van der Waals surface area contributed by atoms with Crippen LogP contribution in [0.4, 0.5) is 13.2 Å². The van der Waals surface area contributed by atoms with E-state index < -0.39 is 12.1 Å². The van der Waals surface area contributed by atoms with Gasteiger partial charge in [0.05, 0.1) is 5.92 Å². The van der Waals surface area contributed by atoms with Crippen molar-refractivity contribution in [2.75, 3.05) is 0 Å². The lowest BCUT2D eigenvalue weighted by atomic mass is 9.76. The van der Waals surface area contributed by atoms with Gasteiger partial charge in [0, 0.05) is 23.2 Å². The molecule has 1 nitrogen and oxygen atoms in total. The number of nitrogens with zero attached hydrogens (tertiary/aromatic N) is 1. The molecule has 1 aromatic rings. The zero-order valence-corrected chi connectivity index (χ0v) is 12.2. The van der Waals surface area contributed by atoms with Crippen LogP contribution in [0.5, 0.6) is 0 Å². The van der Waals surface area contributed by atoms with Gasteiger partial charge >= 0.3 is 6.18 Å². The lowest BCUT2D eigenvalue weighted by molar-refractivity contribution is -0.185. The highest BCUT2D eigenvalue weighted by Gasteiger charge is 2.44. The molecule has 0 aromatic carbocycles. The molecule has 4 unspecified atom stereocenters. The molecule has 0 N–H and O–H groups in total. The third-order valence-corrected chi connectivity index (χ3v) is 4.99. The molecule has 4 atom stereocenters. The highest BCUT2D eigenvalue weighted by atomic mass is 35.5. The summed E-state index contributed by atoms with van der Waals surface area (Å²) in [6.07, 6.45) is -0.639. The average Bonchev–Trinajstić information content (AvgIpc) is 2.46. The van der Waals surface area contributed by atoms with Crippen molar-refractivity contribution in [2.45, 2.75) is 50.1 Å². The van der Waals surface area contributed by atoms with Crippen molar-refractivity contribution in [3.8, 4) is 0 Å². The number of pyridine rings is 1. The first kappa shape index (κ1) is 15.6. The largest absolute Gasteiger partial charge is 0.391 e. The molecular formula is C15H19ClF3N. The van der Waals surface area contributed by atoms with E-state index in [1.807, 2.05) is 25.1 Å². The lowest BCUT2D eigenvalue weighted by Gasteiger charge is -2.35. The smallest absolute Gasteiger partial charge is 0.261 e. The molecule has 0 aliphatic heterocycles. The number of rotatable bonds is 3. The molecule has 1 saturated carbocycles. The molecule has 1 heterocycles. The molecule has 0 amide bonds. The maximum Gasteiger partial charge on any atom is 0.391 e. The maximum absolute atomic E-state index is 12.8. The van der Waals surface area contributed by atoms with E-state index in [1.165, 1.54) is 0 Å². The molecule has 2 rings (SSSR count). The van der Waals surface area contributed by atoms with Crippen molar-refractivity contribution in [3.05, 3.63) is 30.1 Å². The zero-order chi connectivity index (χ0) is 14.8. The third kappa shape index (κ3) is 3.66. The predicted octanol–water partition coefficient (Wildman–Crippen LogP) is 5.16. The molecule has 1 aliphatic carbocycles. The first-order valence-corrected chi connectivity index (χ1v) is 7.45. The summed E-state index contributed by atoms with van der Waals surface area (Å²) in [6, 6.07) is 5.58. The highest BCUT2D eigenvalue weighted by Crippen LogP contribution is 2.44. The van der Waals surface area contributed by atoms with Gasteiger partial charge in [-0.1, -0.05) is 19.4 Å². The Morgan fingerprint density at radius 2 is 2.05 bits per heavy atom. The molecule has 0 bridgehead atoms. The first-order chi connectivity index (χ1) is 9.39. The maximum atomic E-state index is 12.8. The van der Waals surface area contributed by atoms with E-state index in [2.05, 4.69) is 4.98 Å². The van der Waals surface area contributed by atoms with Crippen LogP contribution in [-0.4, -0.2) is 16.5 Å². The quantitative estimate of drug-likeness (QED) is 0.703. The van der Waals surface area contributed by atoms with Crippen LogP contribution >= 0.6 is 11.6 Å². The summed E-state index contributed by atoms with van der Waals surface area (Å²) in [5, 5.41) is -0.296. The van der Waals surface area contributed by atoms with Gasteiger partial charge in [0.15, 0.2) is 0 Å². The van der Waals surface area contributed by atoms with Gasteiger partial charge in [-0.2, -0.15) is 13.2 Å². The Morgan fingerprint density at radius 1 is 1.30 bits per heavy atom. The zero-order valence-electron chi connectivity index (χ0n) is 11.4. The molecule has 0 spiro atoms. The Kier molecular flexibility index (Phi) is 4.95. The SMILES string of the molecule is CC(c1ccccn1)C(Cl)C1CCCC(C(F)(F)F)C1. The van der Waals surface area contributed by atoms with Gasteiger partial charge in [0.1, 0.15) is 0 Å². The van der Waals surface area contributed by atoms with Gasteiger partial charge in [-0.15, -0.1) is 11.6 Å². The molecule has 1 fully saturated rings. The van der Waals surface area contributed by atoms with Crippen LogP contribution < -0.4 is 0 Å². The summed E-state index contributed by atoms with van der Waals surface area (Å²) in [7, 11) is 0. The molecule has 20 heavy (non-hydrogen) atoms. The standard InChI is InChI=1S/C15H19ClF3N/c1-10(13-7-2-3-8-20-13)14(16)11-5-4-6-12(9-11)15(17,18)19/h2-3,7-8,10-12,14H,4-6,9H2,1H3. The number of halogens is 4. The van der Waals surface area contributed by atoms with Crippen molar-refractivity contribution in [2.24, 2.45) is 11.8 Å². The Morgan fingerprint density at radius 3 is 2.65 bits per heavy atom. The van der Waals surface area contributed by atoms with Crippen molar-refractivity contribution in [1.82, 2.24) is 4.98 Å². The number of hydrogen-bond donors (Lipinski definition) is 0. The fraction of sp³-hybridized carbons (Fsp3) is 0.667. The third-order valence-electron chi connectivity index (χ3n) is 4.26. The monoisotopic (exact) mass is 305 g/mol. The second-order valence-electron chi connectivity index (χ2n) is 5.65. The topological polar surface area (TPSA) is 12.9 Å². The Balaban J connectivity index is 2.03. The summed E-state index contributed by atoms with van der Waals surface area (Å²) in [5.41, 5.74) is 0.849. The van der Waals surface area contributed by atoms with Gasteiger partial charge in [-0.05, 0) is 37.3 Å². The van der Waals surface area contributed by atoms with Crippen molar-refractivity contribution >= 4 is 11.6 Å². The predicted molar refractivity (Wildman–Crippen MR) is 73.8 cm³/mol. The minimum Gasteiger partial charge on any atom is -0.261 e. The Labute approximate surface area is 122 Å². The van der Waals surface area contributed by atoms with E-state index in [0.717, 1.165) is 12.1 Å². The molecule has 5 heteroatoms. The van der Waals surface area contributed by atoms with Gasteiger partial charge in [0.2, 0.25) is 0 Å². The first-order valence-electron chi connectivity index (χ1n) is 7.01. The van der Waals surface area contributed by atoms with E-state index in [1.54, 1.807) is 6.20 Å². The van der Waals surface area contributed by atoms with E-state index in [0.29, 0.717) is 6.42 Å². The van der Waals surface area contributed by atoms with Crippen LogP contribution in [0.3, 0.4) is 0 Å². The normalized spacial score (nSPS) is 27.1. The molecular weight excluding hydrogens is 287 g/mol. The Bertz CT molecular complexity index is 421. The lowest BCUT2D eigenvalue weighted by Crippen LogP contribution is -2.33. The average molecular weight is 306 g/mol. The fourth-order valence-corrected chi connectivity index (χ4v) is 3.39. The Hall–Kier alpha value is -0.770. The number of alkyl halides is 4. The molecule has 1 aromatic heterocycles. The van der Waals surface area contributed by atoms with E-state index >= 15 is 0 Å². The second kappa shape index (κ2) is 6.33. The van der Waals surface area contributed by atoms with Crippen molar-refractivity contribution in [3.63, 3.8) is 0 Å². The van der Waals surface area contributed by atoms with Crippen LogP contribution in [0.1, 0.15) is 44.2 Å². The van der Waals surface area contributed by atoms with Crippen molar-refractivity contribution in [1.29, 1.82) is 0 Å². The van der Waals surface area contributed by atoms with Crippen LogP contribution in [0, 0.1) is 11.8 Å². The van der Waals surface area contributed by atoms with E-state index in [9.17, 15) is 13.2 Å². The van der Waals surface area contributed by atoms with E-state index in [4.69, 9.17) is 11.6 Å². The summed E-state index contributed by atoms with van der Waals surface area (Å²) in [4.78, 5) is 4.26. The van der Waals surface area contributed by atoms with Gasteiger partial charge in [0.25, 0.3) is 0 Å². The molecule has 112 valence electrons. The molecule has 0 radical (unpaired) electrons. The van der Waals surface area contributed by atoms with Gasteiger partial charge in [-0.3, -0.25) is 4.98 Å². The van der Waals surface area contributed by atoms with Gasteiger partial charge < -0.3 is 0 Å². The highest BCUT2D eigenvalue weighted by molar-refractivity contribution is 6.21. The van der Waals surface area contributed by atoms with E-state index in [-0.39, 0.29) is 30.1 Å². The summed E-state index contributed by atoms with van der Waals surface area (Å²) < 4.78 is 38.5. The summed E-state index contributed by atoms with van der Waals surface area (Å²) in [5.74, 6) is -1.32. The molecule has 1 aliphatic rings. The van der Waals surface area contributed by atoms with Crippen LogP contribution in [0.25, 0.3) is 0 Å². The second-order valence-corrected chi connectivity index (χ2v) is 6.16. The van der Waals surface area contributed by atoms with Crippen molar-refractivity contribution < 1.29 is 13.2 Å². The summed E-state index contributed by atoms with van der Waals surface area (Å²) >= 11 is 6.45. The molecule has 0 saturated heterocycles. The van der Waals surface area contributed by atoms with Gasteiger partial charge in [-0.25, -0.2) is 0 Å². The fourth-order valence-electron chi connectivity index (χ4n) is 3.03.